The minimum absolute atomic E-state index is 0.0647. The highest BCUT2D eigenvalue weighted by Gasteiger charge is 2.48. The molecular weight excluding hydrogens is 399 g/mol. The summed E-state index contributed by atoms with van der Waals surface area (Å²) in [6.07, 6.45) is 2.93. The normalized spacial score (nSPS) is 24.8. The van der Waals surface area contributed by atoms with Gasteiger partial charge in [-0.3, -0.25) is 0 Å². The molecule has 152 valence electrons. The molecule has 0 unspecified atom stereocenters. The van der Waals surface area contributed by atoms with E-state index >= 15 is 0 Å². The number of halogens is 1. The van der Waals surface area contributed by atoms with E-state index in [0.717, 1.165) is 22.3 Å². The largest absolute Gasteiger partial charge is 0.508 e. The van der Waals surface area contributed by atoms with E-state index < -0.39 is 28.3 Å². The molecule has 0 spiro atoms. The Hall–Kier alpha value is -1.28. The summed E-state index contributed by atoms with van der Waals surface area (Å²) < 4.78 is 30.9. The molecule has 1 aromatic carbocycles. The molecule has 2 aliphatic heterocycles. The Morgan fingerprint density at radius 1 is 1.43 bits per heavy atom. The first kappa shape index (κ1) is 21.4. The fourth-order valence-electron chi connectivity index (χ4n) is 4.04. The van der Waals surface area contributed by atoms with E-state index in [0.29, 0.717) is 17.9 Å². The molecule has 3 rings (SSSR count). The second-order valence-corrected chi connectivity index (χ2v) is 10.6. The van der Waals surface area contributed by atoms with Gasteiger partial charge in [-0.15, -0.1) is 0 Å². The molecule has 1 saturated heterocycles. The quantitative estimate of drug-likeness (QED) is 0.554. The lowest BCUT2D eigenvalue weighted by molar-refractivity contribution is 0.169. The van der Waals surface area contributed by atoms with Crippen LogP contribution >= 0.6 is 11.6 Å². The van der Waals surface area contributed by atoms with E-state index in [9.17, 15) is 18.5 Å². The summed E-state index contributed by atoms with van der Waals surface area (Å²) in [4.78, 5) is 0. The molecule has 0 aromatic heterocycles. The molecule has 0 saturated carbocycles. The number of phenolic OH excluding ortho intramolecular Hbond substituents is 1. The van der Waals surface area contributed by atoms with E-state index in [1.165, 1.54) is 6.07 Å². The number of hydrogen-bond acceptors (Lipinski definition) is 5. The summed E-state index contributed by atoms with van der Waals surface area (Å²) in [5.74, 6) is 0.310. The molecule has 2 heterocycles. The van der Waals surface area contributed by atoms with Gasteiger partial charge in [0, 0.05) is 6.32 Å². The number of benzene rings is 1. The Bertz CT molecular complexity index is 923. The van der Waals surface area contributed by atoms with Crippen LogP contribution in [0.1, 0.15) is 39.2 Å². The monoisotopic (exact) mass is 424 g/mol. The number of aromatic hydroxyl groups is 1. The number of hydrogen-bond donors (Lipinski definition) is 2. The predicted molar refractivity (Wildman–Crippen MR) is 113 cm³/mol. The maximum absolute atomic E-state index is 12.6. The zero-order chi connectivity index (χ0) is 20.6. The van der Waals surface area contributed by atoms with Gasteiger partial charge in [-0.25, -0.2) is 8.42 Å². The van der Waals surface area contributed by atoms with Crippen LogP contribution in [-0.4, -0.2) is 42.8 Å². The Labute approximate surface area is 172 Å². The van der Waals surface area contributed by atoms with Crippen molar-refractivity contribution in [3.63, 3.8) is 0 Å². The number of rotatable bonds is 5. The van der Waals surface area contributed by atoms with E-state index in [4.69, 9.17) is 16.3 Å². The van der Waals surface area contributed by atoms with Crippen molar-refractivity contribution in [2.75, 3.05) is 5.75 Å². The van der Waals surface area contributed by atoms with E-state index in [1.807, 2.05) is 26.8 Å². The van der Waals surface area contributed by atoms with Crippen LogP contribution in [0.15, 0.2) is 34.9 Å². The second kappa shape index (κ2) is 8.23. The zero-order valence-corrected chi connectivity index (χ0v) is 17.9. The second-order valence-electron chi connectivity index (χ2n) is 7.98. The molecule has 0 amide bonds. The van der Waals surface area contributed by atoms with Crippen molar-refractivity contribution >= 4 is 34.6 Å². The topological polar surface area (TPSA) is 83.8 Å². The van der Waals surface area contributed by atoms with Crippen LogP contribution in [0.4, 0.5) is 0 Å². The third-order valence-corrected chi connectivity index (χ3v) is 7.83. The highest BCUT2D eigenvalue weighted by atomic mass is 35.5. The van der Waals surface area contributed by atoms with Crippen molar-refractivity contribution in [2.24, 2.45) is 5.92 Å². The SMILES string of the molecule is C/C(=C\c1ccc(O)cc1Cl)CC[C@H]1OB(O)C[C@H]2C1=C(C(C)C)CS2(=O)=O. The summed E-state index contributed by atoms with van der Waals surface area (Å²) in [6, 6.07) is 4.83. The van der Waals surface area contributed by atoms with Gasteiger partial charge in [0.05, 0.1) is 22.1 Å². The molecule has 2 N–H and O–H groups in total. The Morgan fingerprint density at radius 2 is 2.14 bits per heavy atom. The first-order valence-corrected chi connectivity index (χ1v) is 11.6. The van der Waals surface area contributed by atoms with Crippen LogP contribution in [-0.2, 0) is 14.5 Å². The molecule has 2 aliphatic rings. The van der Waals surface area contributed by atoms with Crippen LogP contribution in [0.5, 0.6) is 5.75 Å². The smallest absolute Gasteiger partial charge is 0.456 e. The molecular formula is C20H26BClO5S. The number of phenols is 1. The molecule has 28 heavy (non-hydrogen) atoms. The van der Waals surface area contributed by atoms with Gasteiger partial charge in [0.1, 0.15) is 5.75 Å². The average molecular weight is 425 g/mol. The Kier molecular flexibility index (Phi) is 6.30. The van der Waals surface area contributed by atoms with E-state index in [2.05, 4.69) is 0 Å². The van der Waals surface area contributed by atoms with Crippen LogP contribution in [0, 0.1) is 5.92 Å². The van der Waals surface area contributed by atoms with Crippen molar-refractivity contribution in [1.82, 2.24) is 0 Å². The molecule has 0 aliphatic carbocycles. The van der Waals surface area contributed by atoms with Gasteiger partial charge in [-0.1, -0.05) is 37.1 Å². The molecule has 1 aromatic rings. The van der Waals surface area contributed by atoms with Crippen LogP contribution in [0.3, 0.4) is 0 Å². The van der Waals surface area contributed by atoms with Crippen molar-refractivity contribution < 1.29 is 23.2 Å². The summed E-state index contributed by atoms with van der Waals surface area (Å²) in [5, 5.41) is 19.4. The molecule has 1 fully saturated rings. The molecule has 0 radical (unpaired) electrons. The highest BCUT2D eigenvalue weighted by molar-refractivity contribution is 7.92. The van der Waals surface area contributed by atoms with Gasteiger partial charge < -0.3 is 14.8 Å². The number of fused-ring (bicyclic) bond motifs is 1. The maximum Gasteiger partial charge on any atom is 0.456 e. The first-order chi connectivity index (χ1) is 13.1. The Balaban J connectivity index is 1.80. The zero-order valence-electron chi connectivity index (χ0n) is 16.4. The first-order valence-electron chi connectivity index (χ1n) is 9.52. The standard InChI is InChI=1S/C20H26BClO5S/c1-12(2)16-11-28(25,26)19-10-21(24)27-18(20(16)19)7-4-13(3)8-14-5-6-15(23)9-17(14)22/h5-6,8-9,12,18-19,23-24H,4,7,10-11H2,1-3H3/b13-8+/t18-,19+/m1/s1. The molecule has 8 heteroatoms. The summed E-state index contributed by atoms with van der Waals surface area (Å²) >= 11 is 6.16. The van der Waals surface area contributed by atoms with E-state index in [-0.39, 0.29) is 23.7 Å². The number of sulfone groups is 1. The minimum atomic E-state index is -3.27. The van der Waals surface area contributed by atoms with Crippen molar-refractivity contribution in [2.45, 2.75) is 51.3 Å². The van der Waals surface area contributed by atoms with Gasteiger partial charge in [-0.05, 0) is 60.6 Å². The number of allylic oxidation sites excluding steroid dienone is 1. The van der Waals surface area contributed by atoms with Crippen molar-refractivity contribution in [3.05, 3.63) is 45.5 Å². The summed E-state index contributed by atoms with van der Waals surface area (Å²) in [6.45, 7) is 5.98. The maximum atomic E-state index is 12.6. The predicted octanol–water partition coefficient (Wildman–Crippen LogP) is 3.86. The Morgan fingerprint density at radius 3 is 2.79 bits per heavy atom. The molecule has 5 nitrogen and oxygen atoms in total. The lowest BCUT2D eigenvalue weighted by Crippen LogP contribution is -2.42. The third-order valence-electron chi connectivity index (χ3n) is 5.48. The fraction of sp³-hybridized carbons (Fsp3) is 0.500. The van der Waals surface area contributed by atoms with Gasteiger partial charge in [0.15, 0.2) is 9.84 Å². The van der Waals surface area contributed by atoms with Crippen LogP contribution < -0.4 is 0 Å². The molecule has 0 bridgehead atoms. The highest BCUT2D eigenvalue weighted by Crippen LogP contribution is 2.41. The lowest BCUT2D eigenvalue weighted by Gasteiger charge is -2.32. The van der Waals surface area contributed by atoms with Gasteiger partial charge in [-0.2, -0.15) is 0 Å². The van der Waals surface area contributed by atoms with Gasteiger partial charge in [0.25, 0.3) is 0 Å². The van der Waals surface area contributed by atoms with Crippen molar-refractivity contribution in [1.29, 1.82) is 0 Å². The summed E-state index contributed by atoms with van der Waals surface area (Å²) in [5.41, 5.74) is 3.66. The van der Waals surface area contributed by atoms with Crippen LogP contribution in [0.25, 0.3) is 6.08 Å². The average Bonchev–Trinajstić information content (AvgIpc) is 2.87. The van der Waals surface area contributed by atoms with Crippen molar-refractivity contribution in [3.8, 4) is 5.75 Å². The fourth-order valence-corrected chi connectivity index (χ4v) is 6.56. The third kappa shape index (κ3) is 4.48. The van der Waals surface area contributed by atoms with Gasteiger partial charge >= 0.3 is 7.12 Å². The van der Waals surface area contributed by atoms with Crippen LogP contribution in [0.2, 0.25) is 11.3 Å². The van der Waals surface area contributed by atoms with E-state index in [1.54, 1.807) is 12.1 Å². The molecule has 2 atom stereocenters. The van der Waals surface area contributed by atoms with Gasteiger partial charge in [0.2, 0.25) is 0 Å². The summed E-state index contributed by atoms with van der Waals surface area (Å²) in [7, 11) is -4.33. The lowest BCUT2D eigenvalue weighted by atomic mass is 9.74. The minimum Gasteiger partial charge on any atom is -0.508 e.